The van der Waals surface area contributed by atoms with Crippen LogP contribution in [0.4, 0.5) is 5.95 Å². The molecule has 0 atom stereocenters. The van der Waals surface area contributed by atoms with E-state index in [0.29, 0.717) is 10.9 Å². The number of hydrogen-bond donors (Lipinski definition) is 1. The Balaban J connectivity index is 2.24. The minimum atomic E-state index is -0.247. The molecule has 0 saturated heterocycles. The normalized spacial score (nSPS) is 10.1. The van der Waals surface area contributed by atoms with Gasteiger partial charge in [-0.25, -0.2) is 0 Å². The summed E-state index contributed by atoms with van der Waals surface area (Å²) in [5, 5.41) is 6.66. The van der Waals surface area contributed by atoms with Crippen LogP contribution >= 0.6 is 11.6 Å². The van der Waals surface area contributed by atoms with Crippen LogP contribution in [0.15, 0.2) is 28.8 Å². The Hall–Kier alpha value is -1.88. The van der Waals surface area contributed by atoms with Crippen LogP contribution in [-0.4, -0.2) is 16.0 Å². The molecule has 16 heavy (non-hydrogen) atoms. The first-order valence-electron chi connectivity index (χ1n) is 4.52. The highest BCUT2D eigenvalue weighted by atomic mass is 35.5. The molecule has 0 aliphatic rings. The van der Waals surface area contributed by atoms with Gasteiger partial charge in [0.2, 0.25) is 5.91 Å². The number of carbonyl (C=O) groups is 1. The lowest BCUT2D eigenvalue weighted by Crippen LogP contribution is -2.06. The predicted molar refractivity (Wildman–Crippen MR) is 59.0 cm³/mol. The zero-order chi connectivity index (χ0) is 11.5. The second-order valence-corrected chi connectivity index (χ2v) is 3.55. The third-order valence-corrected chi connectivity index (χ3v) is 2.06. The van der Waals surface area contributed by atoms with E-state index in [1.165, 1.54) is 6.92 Å². The SMILES string of the molecule is CC(=O)Nc1noc(-c2ccc(Cl)cc2)n1. The van der Waals surface area contributed by atoms with Gasteiger partial charge in [0.05, 0.1) is 0 Å². The van der Waals surface area contributed by atoms with Gasteiger partial charge in [-0.3, -0.25) is 10.1 Å². The van der Waals surface area contributed by atoms with Gasteiger partial charge in [0.15, 0.2) is 0 Å². The summed E-state index contributed by atoms with van der Waals surface area (Å²) in [6.45, 7) is 1.37. The van der Waals surface area contributed by atoms with Crippen LogP contribution in [0.5, 0.6) is 0 Å². The van der Waals surface area contributed by atoms with E-state index in [0.717, 1.165) is 5.56 Å². The van der Waals surface area contributed by atoms with Gasteiger partial charge in [-0.05, 0) is 29.4 Å². The smallest absolute Gasteiger partial charge is 0.270 e. The van der Waals surface area contributed by atoms with E-state index in [1.54, 1.807) is 24.3 Å². The van der Waals surface area contributed by atoms with Crippen LogP contribution < -0.4 is 5.32 Å². The molecule has 82 valence electrons. The quantitative estimate of drug-likeness (QED) is 0.871. The Labute approximate surface area is 96.4 Å². The maximum Gasteiger partial charge on any atom is 0.270 e. The zero-order valence-electron chi connectivity index (χ0n) is 8.40. The first-order chi connectivity index (χ1) is 7.65. The number of nitrogens with one attached hydrogen (secondary N) is 1. The van der Waals surface area contributed by atoms with Crippen molar-refractivity contribution in [1.82, 2.24) is 10.1 Å². The highest BCUT2D eigenvalue weighted by Gasteiger charge is 2.08. The molecule has 0 aliphatic carbocycles. The molecule has 0 fully saturated rings. The van der Waals surface area contributed by atoms with Crippen LogP contribution in [0.25, 0.3) is 11.5 Å². The monoisotopic (exact) mass is 237 g/mol. The summed E-state index contributed by atoms with van der Waals surface area (Å²) in [7, 11) is 0. The molecule has 2 aromatic rings. The van der Waals surface area contributed by atoms with Crippen LogP contribution in [0.2, 0.25) is 5.02 Å². The average Bonchev–Trinajstić information content (AvgIpc) is 2.66. The van der Waals surface area contributed by atoms with Gasteiger partial charge in [0.25, 0.3) is 11.8 Å². The van der Waals surface area contributed by atoms with E-state index < -0.39 is 0 Å². The molecule has 0 radical (unpaired) electrons. The number of amides is 1. The minimum Gasteiger partial charge on any atom is -0.332 e. The van der Waals surface area contributed by atoms with Crippen molar-refractivity contribution in [2.75, 3.05) is 5.32 Å². The maximum atomic E-state index is 10.8. The summed E-state index contributed by atoms with van der Waals surface area (Å²) >= 11 is 5.75. The van der Waals surface area contributed by atoms with Crippen molar-refractivity contribution in [3.8, 4) is 11.5 Å². The molecule has 0 bridgehead atoms. The summed E-state index contributed by atoms with van der Waals surface area (Å²) in [4.78, 5) is 14.8. The zero-order valence-corrected chi connectivity index (χ0v) is 9.15. The molecule has 1 amide bonds. The first kappa shape index (κ1) is 10.6. The molecule has 0 unspecified atom stereocenters. The Morgan fingerprint density at radius 2 is 2.06 bits per heavy atom. The van der Waals surface area contributed by atoms with E-state index >= 15 is 0 Å². The molecule has 1 aromatic heterocycles. The van der Waals surface area contributed by atoms with E-state index in [2.05, 4.69) is 15.5 Å². The average molecular weight is 238 g/mol. The standard InChI is InChI=1S/C10H8ClN3O2/c1-6(15)12-10-13-9(16-14-10)7-2-4-8(11)5-3-7/h2-5H,1H3,(H,12,14,15). The minimum absolute atomic E-state index is 0.150. The van der Waals surface area contributed by atoms with Gasteiger partial charge in [-0.1, -0.05) is 11.6 Å². The highest BCUT2D eigenvalue weighted by molar-refractivity contribution is 6.30. The van der Waals surface area contributed by atoms with Crippen LogP contribution in [0, 0.1) is 0 Å². The van der Waals surface area contributed by atoms with E-state index in [-0.39, 0.29) is 11.9 Å². The fourth-order valence-corrected chi connectivity index (χ4v) is 1.27. The molecule has 5 nitrogen and oxygen atoms in total. The fourth-order valence-electron chi connectivity index (χ4n) is 1.14. The van der Waals surface area contributed by atoms with Crippen molar-refractivity contribution < 1.29 is 9.32 Å². The number of nitrogens with zero attached hydrogens (tertiary/aromatic N) is 2. The summed E-state index contributed by atoms with van der Waals surface area (Å²) in [5.74, 6) is 0.237. The first-order valence-corrected chi connectivity index (χ1v) is 4.90. The van der Waals surface area contributed by atoms with Gasteiger partial charge in [0.1, 0.15) is 0 Å². The molecule has 0 spiro atoms. The summed E-state index contributed by atoms with van der Waals surface area (Å²) in [6.07, 6.45) is 0. The summed E-state index contributed by atoms with van der Waals surface area (Å²) < 4.78 is 4.97. The van der Waals surface area contributed by atoms with Crippen molar-refractivity contribution in [3.63, 3.8) is 0 Å². The number of aromatic nitrogens is 2. The molecule has 1 heterocycles. The topological polar surface area (TPSA) is 68.0 Å². The molecular formula is C10H8ClN3O2. The van der Waals surface area contributed by atoms with Gasteiger partial charge in [-0.15, -0.1) is 0 Å². The number of rotatable bonds is 2. The molecule has 1 N–H and O–H groups in total. The lowest BCUT2D eigenvalue weighted by molar-refractivity contribution is -0.114. The number of halogens is 1. The second kappa shape index (κ2) is 4.32. The van der Waals surface area contributed by atoms with Crippen molar-refractivity contribution in [2.24, 2.45) is 0 Å². The molecule has 2 rings (SSSR count). The van der Waals surface area contributed by atoms with E-state index in [1.807, 2.05) is 0 Å². The van der Waals surface area contributed by atoms with Crippen LogP contribution in [0.1, 0.15) is 6.92 Å². The van der Waals surface area contributed by atoms with E-state index in [4.69, 9.17) is 16.1 Å². The Morgan fingerprint density at radius 3 is 2.69 bits per heavy atom. The van der Waals surface area contributed by atoms with Gasteiger partial charge in [-0.2, -0.15) is 4.98 Å². The predicted octanol–water partition coefficient (Wildman–Crippen LogP) is 2.35. The maximum absolute atomic E-state index is 10.8. The lowest BCUT2D eigenvalue weighted by atomic mass is 10.2. The molecule has 0 saturated carbocycles. The molecule has 1 aromatic carbocycles. The molecule has 0 aliphatic heterocycles. The summed E-state index contributed by atoms with van der Waals surface area (Å²) in [5.41, 5.74) is 0.744. The highest BCUT2D eigenvalue weighted by Crippen LogP contribution is 2.20. The Bertz CT molecular complexity index is 507. The van der Waals surface area contributed by atoms with Crippen LogP contribution in [0.3, 0.4) is 0 Å². The van der Waals surface area contributed by atoms with Crippen molar-refractivity contribution in [3.05, 3.63) is 29.3 Å². The van der Waals surface area contributed by atoms with Gasteiger partial charge >= 0.3 is 0 Å². The number of anilines is 1. The second-order valence-electron chi connectivity index (χ2n) is 3.11. The van der Waals surface area contributed by atoms with Gasteiger partial charge in [0, 0.05) is 17.5 Å². The molecular weight excluding hydrogens is 230 g/mol. The number of hydrogen-bond acceptors (Lipinski definition) is 4. The van der Waals surface area contributed by atoms with Crippen molar-refractivity contribution in [1.29, 1.82) is 0 Å². The lowest BCUT2D eigenvalue weighted by Gasteiger charge is -1.93. The third kappa shape index (κ3) is 2.38. The van der Waals surface area contributed by atoms with Gasteiger partial charge < -0.3 is 4.52 Å². The Morgan fingerprint density at radius 1 is 1.38 bits per heavy atom. The summed E-state index contributed by atoms with van der Waals surface area (Å²) in [6, 6.07) is 6.96. The van der Waals surface area contributed by atoms with Crippen molar-refractivity contribution >= 4 is 23.5 Å². The molecule has 6 heteroatoms. The van der Waals surface area contributed by atoms with E-state index in [9.17, 15) is 4.79 Å². The van der Waals surface area contributed by atoms with Crippen molar-refractivity contribution in [2.45, 2.75) is 6.92 Å². The fraction of sp³-hybridized carbons (Fsp3) is 0.100. The number of benzene rings is 1. The Kier molecular flexibility index (Phi) is 2.87. The third-order valence-electron chi connectivity index (χ3n) is 1.81. The number of carbonyl (C=O) groups excluding carboxylic acids is 1. The van der Waals surface area contributed by atoms with Crippen LogP contribution in [-0.2, 0) is 4.79 Å². The largest absolute Gasteiger partial charge is 0.332 e.